The van der Waals surface area contributed by atoms with Crippen LogP contribution in [0.2, 0.25) is 0 Å². The number of rotatable bonds is 14. The number of amides is 2. The van der Waals surface area contributed by atoms with Crippen LogP contribution >= 0.6 is 0 Å². The summed E-state index contributed by atoms with van der Waals surface area (Å²) in [5, 5.41) is 16.0. The van der Waals surface area contributed by atoms with Gasteiger partial charge in [0.15, 0.2) is 18.3 Å². The molecule has 1 saturated heterocycles. The molecule has 0 aliphatic carbocycles. The number of alkyl carbamates (subject to hydrolysis) is 1. The molecule has 2 aromatic rings. The highest BCUT2D eigenvalue weighted by molar-refractivity contribution is 5.97. The Morgan fingerprint density at radius 1 is 0.821 bits per heavy atom. The van der Waals surface area contributed by atoms with E-state index >= 15 is 0 Å². The van der Waals surface area contributed by atoms with Crippen LogP contribution in [0.3, 0.4) is 0 Å². The van der Waals surface area contributed by atoms with Crippen molar-refractivity contribution >= 4 is 47.7 Å². The molecule has 0 radical (unpaired) electrons. The molecule has 1 aliphatic rings. The van der Waals surface area contributed by atoms with Gasteiger partial charge in [-0.3, -0.25) is 29.3 Å². The monoisotopic (exact) mass is 791 g/mol. The number of carbonyl (C=O) groups is 7. The minimum absolute atomic E-state index is 0.0486. The quantitative estimate of drug-likeness (QED) is 0.0695. The predicted octanol–water partition coefficient (Wildman–Crippen LogP) is 2.64. The summed E-state index contributed by atoms with van der Waals surface area (Å²) in [6, 6.07) is 8.47. The van der Waals surface area contributed by atoms with Gasteiger partial charge in [-0.05, 0) is 50.6 Å². The van der Waals surface area contributed by atoms with E-state index in [1.807, 2.05) is 0 Å². The number of hydrogen-bond acceptors (Lipinski definition) is 18. The number of nitrogens with zero attached hydrogens (tertiary/aromatic N) is 1. The number of hydrogen-bond donors (Lipinski definition) is 2. The van der Waals surface area contributed by atoms with Crippen LogP contribution < -0.4 is 20.1 Å². The van der Waals surface area contributed by atoms with Gasteiger partial charge in [-0.25, -0.2) is 14.4 Å². The van der Waals surface area contributed by atoms with Crippen LogP contribution in [0.5, 0.6) is 11.5 Å². The summed E-state index contributed by atoms with van der Waals surface area (Å²) < 4.78 is 48.0. The number of ether oxygens (including phenoxy) is 9. The van der Waals surface area contributed by atoms with Crippen molar-refractivity contribution in [3.63, 3.8) is 0 Å². The van der Waals surface area contributed by atoms with E-state index in [1.54, 1.807) is 20.8 Å². The van der Waals surface area contributed by atoms with Gasteiger partial charge in [0.05, 0.1) is 17.6 Å². The van der Waals surface area contributed by atoms with Gasteiger partial charge in [-0.1, -0.05) is 6.07 Å². The van der Waals surface area contributed by atoms with Crippen LogP contribution in [0.15, 0.2) is 42.5 Å². The fraction of sp³-hybridized carbons (Fsp3) is 0.457. The molecule has 21 nitrogen and oxygen atoms in total. The molecule has 304 valence electrons. The highest BCUT2D eigenvalue weighted by Crippen LogP contribution is 2.33. The molecule has 0 bridgehead atoms. The first-order valence-electron chi connectivity index (χ1n) is 16.7. The molecule has 2 amide bonds. The molecule has 21 heteroatoms. The van der Waals surface area contributed by atoms with Gasteiger partial charge in [0.25, 0.3) is 11.6 Å². The lowest BCUT2D eigenvalue weighted by Gasteiger charge is -2.43. The van der Waals surface area contributed by atoms with E-state index < -0.39 is 89.9 Å². The minimum atomic E-state index is -1.82. The third kappa shape index (κ3) is 13.4. The molecule has 2 aromatic carbocycles. The number of nitro groups is 1. The Bertz CT molecular complexity index is 1790. The topological polar surface area (TPSA) is 270 Å². The molecule has 0 spiro atoms. The second-order valence-corrected chi connectivity index (χ2v) is 12.7. The molecule has 0 aromatic heterocycles. The first-order valence-corrected chi connectivity index (χ1v) is 16.7. The second-order valence-electron chi connectivity index (χ2n) is 12.7. The van der Waals surface area contributed by atoms with Crippen molar-refractivity contribution in [3.05, 3.63) is 63.7 Å². The Balaban J connectivity index is 1.95. The molecule has 1 heterocycles. The van der Waals surface area contributed by atoms with Gasteiger partial charge in [-0.2, -0.15) is 0 Å². The summed E-state index contributed by atoms with van der Waals surface area (Å²) in [4.78, 5) is 97.7. The zero-order chi connectivity index (χ0) is 41.7. The molecule has 5 atom stereocenters. The number of carbonyl (C=O) groups excluding carboxylic acids is 7. The molecular formula is C35H41N3O18. The largest absolute Gasteiger partial charge is 0.514 e. The maximum atomic E-state index is 13.6. The number of benzene rings is 2. The van der Waals surface area contributed by atoms with Crippen molar-refractivity contribution < 1.29 is 81.1 Å². The molecule has 1 aliphatic heterocycles. The number of esters is 4. The lowest BCUT2D eigenvalue weighted by Crippen LogP contribution is -2.64. The summed E-state index contributed by atoms with van der Waals surface area (Å²) >= 11 is 0. The third-order valence-corrected chi connectivity index (χ3v) is 7.05. The fourth-order valence-corrected chi connectivity index (χ4v) is 4.90. The summed E-state index contributed by atoms with van der Waals surface area (Å²) in [5.41, 5.74) is -1.04. The van der Waals surface area contributed by atoms with Crippen LogP contribution in [0.4, 0.5) is 15.3 Å². The normalized spacial score (nSPS) is 18.9. The second kappa shape index (κ2) is 19.7. The van der Waals surface area contributed by atoms with Crippen LogP contribution in [-0.4, -0.2) is 103 Å². The molecule has 5 unspecified atom stereocenters. The van der Waals surface area contributed by atoms with Gasteiger partial charge in [-0.15, -0.1) is 0 Å². The SMILES string of the molecule is COC(=O)C1OC(Oc2ccc(COC(=O)Oc3ccc([N+](=O)[O-])cc3)cc2C(=O)NCCNC(=O)OC(C)(C)C)C(OC(C)=O)C(OC(C)=O)C1OC(C)=O. The van der Waals surface area contributed by atoms with E-state index in [2.05, 4.69) is 10.6 Å². The average molecular weight is 792 g/mol. The molecule has 1 fully saturated rings. The van der Waals surface area contributed by atoms with E-state index in [-0.39, 0.29) is 41.4 Å². The van der Waals surface area contributed by atoms with Crippen LogP contribution in [0.25, 0.3) is 0 Å². The minimum Gasteiger partial charge on any atom is -0.467 e. The average Bonchev–Trinajstić information content (AvgIpc) is 3.10. The first kappa shape index (κ1) is 43.9. The Labute approximate surface area is 319 Å². The summed E-state index contributed by atoms with van der Waals surface area (Å²) in [7, 11) is 1.01. The van der Waals surface area contributed by atoms with Gasteiger partial charge < -0.3 is 53.3 Å². The van der Waals surface area contributed by atoms with E-state index in [9.17, 15) is 43.7 Å². The van der Waals surface area contributed by atoms with Crippen molar-refractivity contribution in [3.8, 4) is 11.5 Å². The Morgan fingerprint density at radius 3 is 1.98 bits per heavy atom. The predicted molar refractivity (Wildman–Crippen MR) is 185 cm³/mol. The number of nitrogens with one attached hydrogen (secondary N) is 2. The molecule has 0 saturated carbocycles. The molecule has 56 heavy (non-hydrogen) atoms. The standard InChI is InChI=1S/C35H41N3O18/c1-18(39)50-26-27(51-19(2)40)29(52-20(3)41)32(55-28(26)31(43)48-7)54-25-13-8-21(17-49-34(45)53-23-11-9-22(10-12-23)38(46)47)16-24(25)30(42)36-14-15-37-33(44)56-35(4,5)6/h8-13,16,26-29,32H,14-15,17H2,1-7H3,(H,36,42)(H,37,44). The van der Waals surface area contributed by atoms with Gasteiger partial charge in [0.1, 0.15) is 23.7 Å². The first-order chi connectivity index (χ1) is 26.3. The zero-order valence-corrected chi connectivity index (χ0v) is 31.3. The summed E-state index contributed by atoms with van der Waals surface area (Å²) in [6.07, 6.45) is -10.6. The number of nitro benzene ring substituents is 1. The Morgan fingerprint density at radius 2 is 1.41 bits per heavy atom. The number of methoxy groups -OCH3 is 1. The highest BCUT2D eigenvalue weighted by Gasteiger charge is 2.56. The van der Waals surface area contributed by atoms with E-state index in [0.29, 0.717) is 0 Å². The van der Waals surface area contributed by atoms with Gasteiger partial charge in [0, 0.05) is 46.0 Å². The number of non-ortho nitro benzene ring substituents is 1. The van der Waals surface area contributed by atoms with Crippen molar-refractivity contribution in [2.24, 2.45) is 0 Å². The molecule has 3 rings (SSSR count). The summed E-state index contributed by atoms with van der Waals surface area (Å²) in [5.74, 6) is -4.98. The van der Waals surface area contributed by atoms with Crippen molar-refractivity contribution in [1.82, 2.24) is 10.6 Å². The maximum absolute atomic E-state index is 13.6. The molecular weight excluding hydrogens is 750 g/mol. The highest BCUT2D eigenvalue weighted by atomic mass is 16.7. The van der Waals surface area contributed by atoms with E-state index in [4.69, 9.17) is 42.6 Å². The Kier molecular flexibility index (Phi) is 15.4. The van der Waals surface area contributed by atoms with Crippen molar-refractivity contribution in [2.45, 2.75) is 84.5 Å². The maximum Gasteiger partial charge on any atom is 0.514 e. The van der Waals surface area contributed by atoms with Crippen LogP contribution in [0.1, 0.15) is 57.5 Å². The van der Waals surface area contributed by atoms with Crippen LogP contribution in [-0.2, 0) is 58.9 Å². The zero-order valence-electron chi connectivity index (χ0n) is 31.3. The lowest BCUT2D eigenvalue weighted by atomic mass is 9.97. The lowest BCUT2D eigenvalue weighted by molar-refractivity contribution is -0.384. The molecule has 2 N–H and O–H groups in total. The van der Waals surface area contributed by atoms with E-state index in [1.165, 1.54) is 30.3 Å². The Hall–Kier alpha value is -6.51. The van der Waals surface area contributed by atoms with Gasteiger partial charge in [0.2, 0.25) is 12.4 Å². The summed E-state index contributed by atoms with van der Waals surface area (Å²) in [6.45, 7) is 7.38. The van der Waals surface area contributed by atoms with E-state index in [0.717, 1.165) is 40.0 Å². The fourth-order valence-electron chi connectivity index (χ4n) is 4.90. The van der Waals surface area contributed by atoms with Gasteiger partial charge >= 0.3 is 36.1 Å². The third-order valence-electron chi connectivity index (χ3n) is 7.05. The van der Waals surface area contributed by atoms with Crippen molar-refractivity contribution in [2.75, 3.05) is 20.2 Å². The van der Waals surface area contributed by atoms with Crippen LogP contribution in [0, 0.1) is 10.1 Å². The smallest absolute Gasteiger partial charge is 0.467 e. The van der Waals surface area contributed by atoms with Crippen molar-refractivity contribution in [1.29, 1.82) is 0 Å².